The first-order chi connectivity index (χ1) is 10.0. The Bertz CT molecular complexity index is 701. The highest BCUT2D eigenvalue weighted by molar-refractivity contribution is 9.10. The maximum Gasteiger partial charge on any atom is 0.120 e. The van der Waals surface area contributed by atoms with E-state index < -0.39 is 0 Å². The average molecular weight is 347 g/mol. The number of fused-ring (bicyclic) bond motifs is 3. The highest BCUT2D eigenvalue weighted by atomic mass is 79.9. The summed E-state index contributed by atoms with van der Waals surface area (Å²) in [5.41, 5.74) is 4.62. The summed E-state index contributed by atoms with van der Waals surface area (Å²) in [4.78, 5) is 0. The van der Waals surface area contributed by atoms with Gasteiger partial charge in [0.25, 0.3) is 0 Å². The highest BCUT2D eigenvalue weighted by Crippen LogP contribution is 2.60. The van der Waals surface area contributed by atoms with Gasteiger partial charge in [0.1, 0.15) is 11.5 Å². The largest absolute Gasteiger partial charge is 0.508 e. The first-order valence-electron chi connectivity index (χ1n) is 7.68. The van der Waals surface area contributed by atoms with Crippen LogP contribution < -0.4 is 0 Å². The Morgan fingerprint density at radius 1 is 1.19 bits per heavy atom. The van der Waals surface area contributed by atoms with Crippen LogP contribution in [-0.4, -0.2) is 10.2 Å². The predicted octanol–water partition coefficient (Wildman–Crippen LogP) is 4.91. The van der Waals surface area contributed by atoms with Crippen LogP contribution in [-0.2, 0) is 11.8 Å². The lowest BCUT2D eigenvalue weighted by molar-refractivity contribution is 0.372. The van der Waals surface area contributed by atoms with Gasteiger partial charge >= 0.3 is 0 Å². The number of rotatable bonds is 0. The second-order valence-electron chi connectivity index (χ2n) is 6.63. The van der Waals surface area contributed by atoms with E-state index in [0.717, 1.165) is 47.7 Å². The monoisotopic (exact) mass is 346 g/mol. The van der Waals surface area contributed by atoms with E-state index in [9.17, 15) is 10.2 Å². The molecule has 0 amide bonds. The molecular weight excluding hydrogens is 328 g/mol. The van der Waals surface area contributed by atoms with E-state index in [0.29, 0.717) is 17.4 Å². The molecule has 0 aliphatic heterocycles. The number of aliphatic hydroxyl groups excluding tert-OH is 1. The van der Waals surface area contributed by atoms with Crippen LogP contribution in [0.2, 0.25) is 0 Å². The molecule has 0 radical (unpaired) electrons. The molecule has 0 bridgehead atoms. The molecule has 0 saturated heterocycles. The van der Waals surface area contributed by atoms with Gasteiger partial charge in [0.15, 0.2) is 0 Å². The fourth-order valence-electron chi connectivity index (χ4n) is 4.69. The van der Waals surface area contributed by atoms with Crippen LogP contribution in [0.25, 0.3) is 0 Å². The predicted molar refractivity (Wildman–Crippen MR) is 86.6 cm³/mol. The molecule has 0 fully saturated rings. The minimum atomic E-state index is -0.173. The van der Waals surface area contributed by atoms with Crippen molar-refractivity contribution in [3.05, 3.63) is 50.7 Å². The van der Waals surface area contributed by atoms with Crippen molar-refractivity contribution in [2.24, 2.45) is 5.92 Å². The van der Waals surface area contributed by atoms with Crippen LogP contribution in [0.5, 0.6) is 5.75 Å². The van der Waals surface area contributed by atoms with Gasteiger partial charge in [0.05, 0.1) is 0 Å². The van der Waals surface area contributed by atoms with Gasteiger partial charge in [0, 0.05) is 21.0 Å². The summed E-state index contributed by atoms with van der Waals surface area (Å²) in [5, 5.41) is 21.0. The maximum atomic E-state index is 10.5. The number of aliphatic hydroxyl groups is 1. The Hall–Kier alpha value is -1.22. The third-order valence-corrected chi connectivity index (χ3v) is 6.39. The minimum absolute atomic E-state index is 0.173. The van der Waals surface area contributed by atoms with Crippen LogP contribution in [0, 0.1) is 5.92 Å². The fraction of sp³-hybridized carbons (Fsp3) is 0.444. The lowest BCUT2D eigenvalue weighted by Crippen LogP contribution is -2.25. The van der Waals surface area contributed by atoms with E-state index in [2.05, 4.69) is 22.9 Å². The van der Waals surface area contributed by atoms with Crippen LogP contribution in [0.4, 0.5) is 0 Å². The summed E-state index contributed by atoms with van der Waals surface area (Å²) < 4.78 is 1.08. The van der Waals surface area contributed by atoms with Crippen molar-refractivity contribution in [2.75, 3.05) is 0 Å². The lowest BCUT2D eigenvalue weighted by atomic mass is 9.73. The van der Waals surface area contributed by atoms with E-state index in [1.807, 2.05) is 12.1 Å². The van der Waals surface area contributed by atoms with Gasteiger partial charge in [0.2, 0.25) is 0 Å². The third kappa shape index (κ3) is 1.64. The molecule has 3 aliphatic carbocycles. The second kappa shape index (κ2) is 4.39. The SMILES string of the molecule is CC1CC=C(O)C2=C1CCC21CCc2c(Br)ccc(O)c21. The molecule has 3 heteroatoms. The number of phenolic OH excluding ortho intramolecular Hbond substituents is 1. The topological polar surface area (TPSA) is 40.5 Å². The van der Waals surface area contributed by atoms with Crippen molar-refractivity contribution >= 4 is 15.9 Å². The molecule has 21 heavy (non-hydrogen) atoms. The van der Waals surface area contributed by atoms with Gasteiger partial charge in [-0.3, -0.25) is 0 Å². The van der Waals surface area contributed by atoms with Gasteiger partial charge in [-0.2, -0.15) is 0 Å². The summed E-state index contributed by atoms with van der Waals surface area (Å²) in [6.07, 6.45) is 6.89. The highest BCUT2D eigenvalue weighted by Gasteiger charge is 2.50. The average Bonchev–Trinajstić information content (AvgIpc) is 3.04. The van der Waals surface area contributed by atoms with Crippen molar-refractivity contribution in [3.63, 3.8) is 0 Å². The van der Waals surface area contributed by atoms with E-state index in [1.165, 1.54) is 11.1 Å². The Labute approximate surface area is 133 Å². The number of hydrogen-bond donors (Lipinski definition) is 2. The Morgan fingerprint density at radius 3 is 2.76 bits per heavy atom. The molecule has 4 rings (SSSR count). The van der Waals surface area contributed by atoms with Crippen molar-refractivity contribution in [2.45, 2.75) is 44.4 Å². The minimum Gasteiger partial charge on any atom is -0.508 e. The van der Waals surface area contributed by atoms with Crippen LogP contribution in [0.1, 0.15) is 43.7 Å². The molecule has 1 spiro atoms. The number of allylic oxidation sites excluding steroid dienone is 3. The molecule has 3 aliphatic rings. The van der Waals surface area contributed by atoms with Gasteiger partial charge in [-0.1, -0.05) is 28.4 Å². The third-order valence-electron chi connectivity index (χ3n) is 5.65. The van der Waals surface area contributed by atoms with Gasteiger partial charge < -0.3 is 10.2 Å². The first-order valence-corrected chi connectivity index (χ1v) is 8.48. The molecule has 0 saturated carbocycles. The summed E-state index contributed by atoms with van der Waals surface area (Å²) in [6.45, 7) is 2.24. The van der Waals surface area contributed by atoms with Crippen molar-refractivity contribution in [3.8, 4) is 5.75 Å². The van der Waals surface area contributed by atoms with Crippen LogP contribution >= 0.6 is 15.9 Å². The number of phenols is 1. The number of benzene rings is 1. The Morgan fingerprint density at radius 2 is 1.95 bits per heavy atom. The van der Waals surface area contributed by atoms with Crippen molar-refractivity contribution in [1.29, 1.82) is 0 Å². The number of aromatic hydroxyl groups is 1. The van der Waals surface area contributed by atoms with E-state index in [-0.39, 0.29) is 5.41 Å². The van der Waals surface area contributed by atoms with Gasteiger partial charge in [-0.25, -0.2) is 0 Å². The van der Waals surface area contributed by atoms with Gasteiger partial charge in [-0.05, 0) is 61.8 Å². The van der Waals surface area contributed by atoms with Crippen LogP contribution in [0.15, 0.2) is 39.6 Å². The number of hydrogen-bond acceptors (Lipinski definition) is 2. The molecule has 2 unspecified atom stereocenters. The molecule has 110 valence electrons. The summed E-state index contributed by atoms with van der Waals surface area (Å²) in [6, 6.07) is 3.71. The smallest absolute Gasteiger partial charge is 0.120 e. The zero-order valence-corrected chi connectivity index (χ0v) is 13.7. The molecule has 2 nitrogen and oxygen atoms in total. The summed E-state index contributed by atoms with van der Waals surface area (Å²) in [7, 11) is 0. The molecule has 0 aromatic heterocycles. The second-order valence-corrected chi connectivity index (χ2v) is 7.48. The standard InChI is InChI=1S/C18H19BrO2/c1-10-2-4-14(20)16-11(10)6-8-18(16)9-7-12-13(19)3-5-15(21)17(12)18/h3-5,10,20-21H,2,6-9H2,1H3. The Balaban J connectivity index is 1.97. The van der Waals surface area contributed by atoms with Crippen LogP contribution in [0.3, 0.4) is 0 Å². The number of halogens is 1. The zero-order valence-electron chi connectivity index (χ0n) is 12.1. The van der Waals surface area contributed by atoms with Gasteiger partial charge in [-0.15, -0.1) is 0 Å². The zero-order chi connectivity index (χ0) is 14.8. The summed E-state index contributed by atoms with van der Waals surface area (Å²) in [5.74, 6) is 1.34. The molecule has 1 aromatic carbocycles. The van der Waals surface area contributed by atoms with E-state index >= 15 is 0 Å². The fourth-order valence-corrected chi connectivity index (χ4v) is 5.22. The first kappa shape index (κ1) is 13.4. The summed E-state index contributed by atoms with van der Waals surface area (Å²) >= 11 is 3.62. The molecule has 2 atom stereocenters. The lowest BCUT2D eigenvalue weighted by Gasteiger charge is -2.31. The molecule has 0 heterocycles. The normalized spacial score (nSPS) is 30.6. The quantitative estimate of drug-likeness (QED) is 0.700. The van der Waals surface area contributed by atoms with E-state index in [4.69, 9.17) is 0 Å². The maximum absolute atomic E-state index is 10.5. The van der Waals surface area contributed by atoms with Crippen molar-refractivity contribution < 1.29 is 10.2 Å². The van der Waals surface area contributed by atoms with E-state index in [1.54, 1.807) is 6.07 Å². The molecular formula is C18H19BrO2. The molecule has 2 N–H and O–H groups in total. The van der Waals surface area contributed by atoms with Crippen molar-refractivity contribution in [1.82, 2.24) is 0 Å². The molecule has 1 aromatic rings. The Kier molecular flexibility index (Phi) is 2.81.